The molecule has 4 aromatic heterocycles. The highest BCUT2D eigenvalue weighted by Crippen LogP contribution is 2.28. The summed E-state index contributed by atoms with van der Waals surface area (Å²) in [5, 5.41) is 24.9. The first-order valence-corrected chi connectivity index (χ1v) is 12.7. The molecule has 15 nitrogen and oxygen atoms in total. The number of nitrogens with zero attached hydrogens (tertiary/aromatic N) is 9. The van der Waals surface area contributed by atoms with Crippen LogP contribution in [0.4, 0.5) is 0 Å². The Morgan fingerprint density at radius 1 is 0.791 bits per heavy atom. The number of amides is 1. The van der Waals surface area contributed by atoms with Crippen molar-refractivity contribution < 1.29 is 4.79 Å². The highest BCUT2D eigenvalue weighted by atomic mass is 35.5. The van der Waals surface area contributed by atoms with Gasteiger partial charge < -0.3 is 15.7 Å². The van der Waals surface area contributed by atoms with E-state index in [0.29, 0.717) is 43.9 Å². The lowest BCUT2D eigenvalue weighted by Gasteiger charge is -2.08. The second-order valence-electron chi connectivity index (χ2n) is 8.49. The van der Waals surface area contributed by atoms with Gasteiger partial charge in [0.2, 0.25) is 0 Å². The van der Waals surface area contributed by atoms with E-state index in [1.54, 1.807) is 36.4 Å². The molecule has 212 valence electrons. The van der Waals surface area contributed by atoms with Crippen LogP contribution < -0.4 is 16.9 Å². The highest BCUT2D eigenvalue weighted by Gasteiger charge is 2.14. The van der Waals surface area contributed by atoms with Crippen LogP contribution in [0.5, 0.6) is 0 Å². The number of nitrogens with two attached hydrogens (primary N) is 1. The van der Waals surface area contributed by atoms with Crippen molar-refractivity contribution in [1.29, 1.82) is 5.26 Å². The summed E-state index contributed by atoms with van der Waals surface area (Å²) in [4.78, 5) is 47.2. The number of nitriles is 1. The molecule has 0 fully saturated rings. The molecule has 0 saturated heterocycles. The van der Waals surface area contributed by atoms with E-state index >= 15 is 0 Å². The summed E-state index contributed by atoms with van der Waals surface area (Å²) in [7, 11) is 0. The molecule has 0 aliphatic rings. The van der Waals surface area contributed by atoms with Gasteiger partial charge in [-0.3, -0.25) is 14.4 Å². The zero-order valence-corrected chi connectivity index (χ0v) is 23.0. The Morgan fingerprint density at radius 2 is 1.30 bits per heavy atom. The van der Waals surface area contributed by atoms with Crippen LogP contribution in [0.15, 0.2) is 83.2 Å². The predicted molar refractivity (Wildman–Crippen MR) is 154 cm³/mol. The van der Waals surface area contributed by atoms with Crippen molar-refractivity contribution in [3.05, 3.63) is 116 Å². The number of nitrogens with one attached hydrogen (secondary N) is 2. The first-order valence-electron chi connectivity index (χ1n) is 12.0. The molecule has 0 saturated carbocycles. The molecular formula is C26H16Cl2N12O3. The van der Waals surface area contributed by atoms with Crippen molar-refractivity contribution in [3.63, 3.8) is 0 Å². The maximum Gasteiger partial charge on any atom is 0.270 e. The van der Waals surface area contributed by atoms with E-state index in [9.17, 15) is 14.4 Å². The Balaban J connectivity index is 0.000000171. The molecule has 0 bridgehead atoms. The number of hydrogen-bond donors (Lipinski definition) is 3. The summed E-state index contributed by atoms with van der Waals surface area (Å²) >= 11 is 12.0. The van der Waals surface area contributed by atoms with Gasteiger partial charge in [0.25, 0.3) is 17.0 Å². The van der Waals surface area contributed by atoms with E-state index in [0.717, 1.165) is 0 Å². The fraction of sp³-hybridized carbons (Fsp3) is 0. The van der Waals surface area contributed by atoms with Gasteiger partial charge in [0.05, 0.1) is 47.8 Å². The molecule has 0 unspecified atom stereocenters. The van der Waals surface area contributed by atoms with Crippen LogP contribution in [0, 0.1) is 11.3 Å². The molecular weight excluding hydrogens is 599 g/mol. The summed E-state index contributed by atoms with van der Waals surface area (Å²) in [6, 6.07) is 14.6. The van der Waals surface area contributed by atoms with Gasteiger partial charge in [-0.1, -0.05) is 33.6 Å². The Kier molecular flexibility index (Phi) is 8.14. The van der Waals surface area contributed by atoms with Gasteiger partial charge in [-0.25, -0.2) is 19.3 Å². The van der Waals surface area contributed by atoms with E-state index in [-0.39, 0.29) is 22.5 Å². The van der Waals surface area contributed by atoms with Crippen molar-refractivity contribution in [1.82, 2.24) is 49.9 Å². The van der Waals surface area contributed by atoms with Crippen LogP contribution in [0.1, 0.15) is 16.2 Å². The van der Waals surface area contributed by atoms with Crippen molar-refractivity contribution in [3.8, 4) is 40.0 Å². The zero-order chi connectivity index (χ0) is 30.5. The normalized spacial score (nSPS) is 10.4. The van der Waals surface area contributed by atoms with Crippen molar-refractivity contribution in [2.45, 2.75) is 0 Å². The Morgan fingerprint density at radius 3 is 1.74 bits per heavy atom. The largest absolute Gasteiger partial charge is 0.364 e. The average Bonchev–Trinajstić information content (AvgIpc) is 3.68. The number of rotatable bonds is 5. The summed E-state index contributed by atoms with van der Waals surface area (Å²) in [5.41, 5.74) is 8.03. The molecule has 0 spiro atoms. The smallest absolute Gasteiger partial charge is 0.270 e. The second kappa shape index (κ2) is 12.3. The summed E-state index contributed by atoms with van der Waals surface area (Å²) in [5.74, 6) is -0.684. The zero-order valence-electron chi connectivity index (χ0n) is 21.5. The summed E-state index contributed by atoms with van der Waals surface area (Å²) in [6.07, 6.45) is 5.48. The molecule has 0 atom stereocenters. The lowest BCUT2D eigenvalue weighted by Crippen LogP contribution is -2.11. The molecule has 0 radical (unpaired) electrons. The van der Waals surface area contributed by atoms with Crippen molar-refractivity contribution >= 4 is 29.1 Å². The lowest BCUT2D eigenvalue weighted by atomic mass is 10.1. The topological polar surface area (TPSA) is 220 Å². The second-order valence-corrected chi connectivity index (χ2v) is 9.36. The number of halogens is 2. The van der Waals surface area contributed by atoms with E-state index in [4.69, 9.17) is 34.2 Å². The number of hydrogen-bond acceptors (Lipinski definition) is 10. The number of carbonyl (C=O) groups is 1. The molecule has 4 heterocycles. The van der Waals surface area contributed by atoms with E-state index in [1.807, 2.05) is 6.07 Å². The van der Waals surface area contributed by atoms with Crippen LogP contribution in [-0.2, 0) is 0 Å². The number of aromatic nitrogens is 10. The van der Waals surface area contributed by atoms with Gasteiger partial charge in [0, 0.05) is 33.3 Å². The van der Waals surface area contributed by atoms with Gasteiger partial charge >= 0.3 is 0 Å². The third-order valence-corrected chi connectivity index (χ3v) is 6.14. The molecule has 0 aliphatic carbocycles. The Labute approximate surface area is 250 Å². The summed E-state index contributed by atoms with van der Waals surface area (Å²) < 4.78 is 2.81. The molecule has 17 heteroatoms. The van der Waals surface area contributed by atoms with Gasteiger partial charge in [-0.2, -0.15) is 5.26 Å². The Hall–Kier alpha value is -5.98. The lowest BCUT2D eigenvalue weighted by molar-refractivity contribution is 0.0995. The monoisotopic (exact) mass is 614 g/mol. The highest BCUT2D eigenvalue weighted by molar-refractivity contribution is 6.31. The molecule has 2 aromatic carbocycles. The van der Waals surface area contributed by atoms with Gasteiger partial charge in [0.1, 0.15) is 6.07 Å². The third kappa shape index (κ3) is 6.51. The third-order valence-electron chi connectivity index (χ3n) is 5.67. The predicted octanol–water partition coefficient (Wildman–Crippen LogP) is 2.31. The van der Waals surface area contributed by atoms with E-state index in [1.165, 1.54) is 46.5 Å². The molecule has 6 aromatic rings. The van der Waals surface area contributed by atoms with E-state index in [2.05, 4.69) is 40.6 Å². The number of H-pyrrole nitrogens is 2. The number of aromatic amines is 2. The minimum atomic E-state index is -0.684. The maximum absolute atomic E-state index is 11.5. The number of primary amides is 1. The van der Waals surface area contributed by atoms with Gasteiger partial charge in [-0.05, 0) is 36.4 Å². The molecule has 43 heavy (non-hydrogen) atoms. The van der Waals surface area contributed by atoms with Crippen LogP contribution in [0.3, 0.4) is 0 Å². The van der Waals surface area contributed by atoms with Crippen LogP contribution in [0.25, 0.3) is 33.9 Å². The maximum atomic E-state index is 11.5. The molecule has 0 aliphatic heterocycles. The van der Waals surface area contributed by atoms with Gasteiger partial charge in [-0.15, -0.1) is 10.2 Å². The standard InChI is InChI=1S/C13H9ClN6O2.C13H7ClN6O/c14-7-1-2-11(20-5-10(13(15)22)18-19-20)8(3-7)9-4-12(21)17-6-16-9;14-8-1-2-12(20-6-9(5-15)18-19-20)10(3-8)11-4-13(21)17-7-16-11/h1-6H,(H2,15,22)(H,16,17,21);1-4,6-7H,(H,16,17,21). The molecule has 6 rings (SSSR count). The van der Waals surface area contributed by atoms with Crippen molar-refractivity contribution in [2.24, 2.45) is 5.73 Å². The van der Waals surface area contributed by atoms with Gasteiger partial charge in [0.15, 0.2) is 11.4 Å². The SMILES string of the molecule is N#Cc1cn(-c2ccc(Cl)cc2-c2cc(=O)[nH]cn2)nn1.NC(=O)c1cn(-c2ccc(Cl)cc2-c2cc(=O)[nH]cn2)nn1. The minimum Gasteiger partial charge on any atom is -0.364 e. The first kappa shape index (κ1) is 28.5. The van der Waals surface area contributed by atoms with Crippen molar-refractivity contribution in [2.75, 3.05) is 0 Å². The minimum absolute atomic E-state index is 0.0276. The van der Waals surface area contributed by atoms with Crippen LogP contribution in [-0.4, -0.2) is 55.8 Å². The number of carbonyl (C=O) groups excluding carboxylic acids is 1. The number of benzene rings is 2. The molecule has 1 amide bonds. The molecule has 4 N–H and O–H groups in total. The van der Waals surface area contributed by atoms with E-state index < -0.39 is 5.91 Å². The Bertz CT molecular complexity index is 2130. The first-order chi connectivity index (χ1) is 20.7. The average molecular weight is 615 g/mol. The van der Waals surface area contributed by atoms with Crippen LogP contribution in [0.2, 0.25) is 10.0 Å². The quantitative estimate of drug-likeness (QED) is 0.257. The fourth-order valence-electron chi connectivity index (χ4n) is 3.79. The fourth-order valence-corrected chi connectivity index (χ4v) is 4.13. The van der Waals surface area contributed by atoms with Crippen LogP contribution >= 0.6 is 23.2 Å². The summed E-state index contributed by atoms with van der Waals surface area (Å²) in [6.45, 7) is 0.